The van der Waals surface area contributed by atoms with E-state index in [9.17, 15) is 13.6 Å². The first-order valence-corrected chi connectivity index (χ1v) is 11.9. The molecular weight excluding hydrogens is 492 g/mol. The molecule has 3 aromatic rings. The van der Waals surface area contributed by atoms with Crippen molar-refractivity contribution in [2.24, 2.45) is 5.73 Å². The largest absolute Gasteiger partial charge is 0.396 e. The van der Waals surface area contributed by atoms with Crippen LogP contribution >= 0.6 is 11.6 Å². The average molecular weight is 522 g/mol. The summed E-state index contributed by atoms with van der Waals surface area (Å²) >= 11 is 6.14. The number of hydrogen-bond acceptors (Lipinski definition) is 5. The zero-order chi connectivity index (χ0) is 26.1. The lowest BCUT2D eigenvalue weighted by Gasteiger charge is -2.15. The van der Waals surface area contributed by atoms with Crippen LogP contribution in [0.15, 0.2) is 48.5 Å². The molecular formula is C25H30ClF2N5O3. The van der Waals surface area contributed by atoms with E-state index < -0.39 is 17.7 Å². The van der Waals surface area contributed by atoms with Gasteiger partial charge >= 0.3 is 6.03 Å². The van der Waals surface area contributed by atoms with Crippen LogP contribution in [-0.2, 0) is 11.2 Å². The van der Waals surface area contributed by atoms with Gasteiger partial charge in [-0.1, -0.05) is 35.9 Å². The molecule has 1 atom stereocenters. The second-order valence-corrected chi connectivity index (χ2v) is 8.65. The number of urea groups is 1. The minimum atomic E-state index is -0.775. The molecule has 4 N–H and O–H groups in total. The van der Waals surface area contributed by atoms with Gasteiger partial charge in [0.05, 0.1) is 18.0 Å². The van der Waals surface area contributed by atoms with E-state index in [1.807, 2.05) is 30.3 Å². The van der Waals surface area contributed by atoms with Gasteiger partial charge in [0.25, 0.3) is 0 Å². The molecule has 0 aliphatic carbocycles. The number of benzene rings is 2. The Hall–Kier alpha value is -3.05. The van der Waals surface area contributed by atoms with Gasteiger partial charge in [0.2, 0.25) is 0 Å². The van der Waals surface area contributed by atoms with Crippen LogP contribution in [0, 0.1) is 11.6 Å². The number of rotatable bonds is 8. The zero-order valence-electron chi connectivity index (χ0n) is 20.0. The second kappa shape index (κ2) is 13.3. The Bertz CT molecular complexity index is 1150. The Labute approximate surface area is 213 Å². The molecule has 0 bridgehead atoms. The number of carbonyl (C=O) groups is 1. The lowest BCUT2D eigenvalue weighted by Crippen LogP contribution is -2.24. The van der Waals surface area contributed by atoms with Crippen LogP contribution in [-0.4, -0.2) is 65.8 Å². The van der Waals surface area contributed by atoms with E-state index in [0.717, 1.165) is 37.3 Å². The van der Waals surface area contributed by atoms with E-state index in [4.69, 9.17) is 27.2 Å². The SMILES string of the molecule is COCCN1CCC(c2ccc(F)c(F)c2)C1.NC(=O)Nc1c(Cl)c(CCO)nn1-c1ccccc1. The predicted molar refractivity (Wildman–Crippen MR) is 135 cm³/mol. The maximum absolute atomic E-state index is 13.1. The average Bonchev–Trinajstić information content (AvgIpc) is 3.46. The van der Waals surface area contributed by atoms with Crippen molar-refractivity contribution in [2.75, 3.05) is 45.3 Å². The molecule has 11 heteroatoms. The highest BCUT2D eigenvalue weighted by molar-refractivity contribution is 6.34. The van der Waals surface area contributed by atoms with Crippen LogP contribution in [0.4, 0.5) is 19.4 Å². The molecule has 4 rings (SSSR count). The van der Waals surface area contributed by atoms with Crippen molar-refractivity contribution < 1.29 is 23.4 Å². The number of anilines is 1. The lowest BCUT2D eigenvalue weighted by atomic mass is 9.98. The van der Waals surface area contributed by atoms with Crippen LogP contribution in [0.2, 0.25) is 5.02 Å². The molecule has 1 fully saturated rings. The Morgan fingerprint density at radius 1 is 1.25 bits per heavy atom. The highest BCUT2D eigenvalue weighted by atomic mass is 35.5. The van der Waals surface area contributed by atoms with E-state index in [0.29, 0.717) is 30.5 Å². The van der Waals surface area contributed by atoms with E-state index in [2.05, 4.69) is 15.3 Å². The van der Waals surface area contributed by atoms with Gasteiger partial charge in [-0.15, -0.1) is 0 Å². The topological polar surface area (TPSA) is 106 Å². The Balaban J connectivity index is 0.000000202. The van der Waals surface area contributed by atoms with Gasteiger partial charge < -0.3 is 20.5 Å². The molecule has 8 nitrogen and oxygen atoms in total. The molecule has 1 saturated heterocycles. The van der Waals surface area contributed by atoms with Gasteiger partial charge in [0.1, 0.15) is 5.02 Å². The first-order chi connectivity index (χ1) is 17.3. The number of nitrogens with two attached hydrogens (primary N) is 1. The standard InChI is InChI=1S/C13H17F2NO.C12H13ClN4O2/c1-17-7-6-16-5-4-11(9-16)10-2-3-12(14)13(15)8-10;13-10-9(6-7-18)16-17(11(10)15-12(14)19)8-4-2-1-3-5-8/h2-3,8,11H,4-7,9H2,1H3;1-5,18H,6-7H2,(H3,14,15,19). The molecule has 1 aliphatic heterocycles. The number of amides is 2. The molecule has 2 amide bonds. The third kappa shape index (κ3) is 7.23. The minimum Gasteiger partial charge on any atom is -0.396 e. The maximum Gasteiger partial charge on any atom is 0.317 e. The van der Waals surface area contributed by atoms with Crippen LogP contribution in [0.1, 0.15) is 23.6 Å². The highest BCUT2D eigenvalue weighted by Gasteiger charge is 2.24. The number of para-hydroxylation sites is 1. The maximum atomic E-state index is 13.1. The van der Waals surface area contributed by atoms with Crippen molar-refractivity contribution in [1.29, 1.82) is 0 Å². The Kier molecular flexibility index (Phi) is 10.2. The van der Waals surface area contributed by atoms with E-state index in [-0.39, 0.29) is 11.6 Å². The fourth-order valence-corrected chi connectivity index (χ4v) is 4.24. The summed E-state index contributed by atoms with van der Waals surface area (Å²) in [6, 6.07) is 12.7. The van der Waals surface area contributed by atoms with Crippen molar-refractivity contribution in [3.63, 3.8) is 0 Å². The van der Waals surface area contributed by atoms with Gasteiger partial charge in [-0.3, -0.25) is 5.32 Å². The summed E-state index contributed by atoms with van der Waals surface area (Å²) in [5, 5.41) is 16.0. The molecule has 0 saturated carbocycles. The number of carbonyl (C=O) groups excluding carboxylic acids is 1. The monoisotopic (exact) mass is 521 g/mol. The Morgan fingerprint density at radius 3 is 2.64 bits per heavy atom. The highest BCUT2D eigenvalue weighted by Crippen LogP contribution is 2.29. The number of hydrogen-bond donors (Lipinski definition) is 3. The van der Waals surface area contributed by atoms with Crippen LogP contribution in [0.5, 0.6) is 0 Å². The fourth-order valence-electron chi connectivity index (χ4n) is 3.98. The molecule has 1 aliphatic rings. The third-order valence-electron chi connectivity index (χ3n) is 5.78. The van der Waals surface area contributed by atoms with Gasteiger partial charge in [-0.2, -0.15) is 5.10 Å². The summed E-state index contributed by atoms with van der Waals surface area (Å²) in [5.41, 5.74) is 7.25. The fraction of sp³-hybridized carbons (Fsp3) is 0.360. The van der Waals surface area contributed by atoms with Crippen molar-refractivity contribution >= 4 is 23.4 Å². The molecule has 194 valence electrons. The van der Waals surface area contributed by atoms with Crippen molar-refractivity contribution in [2.45, 2.75) is 18.8 Å². The lowest BCUT2D eigenvalue weighted by molar-refractivity contribution is 0.160. The Morgan fingerprint density at radius 2 is 2.00 bits per heavy atom. The van der Waals surface area contributed by atoms with Gasteiger partial charge in [-0.25, -0.2) is 18.3 Å². The molecule has 0 spiro atoms. The molecule has 2 heterocycles. The number of aliphatic hydroxyl groups is 1. The quantitative estimate of drug-likeness (QED) is 0.416. The van der Waals surface area contributed by atoms with Crippen LogP contribution in [0.3, 0.4) is 0 Å². The third-order valence-corrected chi connectivity index (χ3v) is 6.18. The predicted octanol–water partition coefficient (Wildman–Crippen LogP) is 3.95. The second-order valence-electron chi connectivity index (χ2n) is 8.27. The summed E-state index contributed by atoms with van der Waals surface area (Å²) in [7, 11) is 1.68. The first-order valence-electron chi connectivity index (χ1n) is 11.5. The van der Waals surface area contributed by atoms with Crippen LogP contribution < -0.4 is 11.1 Å². The smallest absolute Gasteiger partial charge is 0.317 e. The van der Waals surface area contributed by atoms with Crippen LogP contribution in [0.25, 0.3) is 5.69 Å². The molecule has 0 radical (unpaired) electrons. The zero-order valence-corrected chi connectivity index (χ0v) is 20.7. The normalized spacial score (nSPS) is 15.4. The summed E-state index contributed by atoms with van der Waals surface area (Å²) in [4.78, 5) is 13.3. The number of ether oxygens (including phenoxy) is 1. The number of halogens is 3. The van der Waals surface area contributed by atoms with E-state index >= 15 is 0 Å². The van der Waals surface area contributed by atoms with Gasteiger partial charge in [-0.05, 0) is 48.7 Å². The summed E-state index contributed by atoms with van der Waals surface area (Å²) in [6.07, 6.45) is 1.29. The first kappa shape index (κ1) is 27.5. The molecule has 2 aromatic carbocycles. The molecule has 1 aromatic heterocycles. The number of likely N-dealkylation sites (tertiary alicyclic amines) is 1. The van der Waals surface area contributed by atoms with Crippen molar-refractivity contribution in [3.05, 3.63) is 76.4 Å². The number of primary amides is 1. The van der Waals surface area contributed by atoms with E-state index in [1.165, 1.54) is 16.8 Å². The summed E-state index contributed by atoms with van der Waals surface area (Å²) in [5.74, 6) is -0.924. The van der Waals surface area contributed by atoms with Crippen molar-refractivity contribution in [1.82, 2.24) is 14.7 Å². The number of aromatic nitrogens is 2. The van der Waals surface area contributed by atoms with Gasteiger partial charge in [0.15, 0.2) is 17.5 Å². The number of nitrogens with one attached hydrogen (secondary N) is 1. The van der Waals surface area contributed by atoms with Crippen molar-refractivity contribution in [3.8, 4) is 5.69 Å². The number of nitrogens with zero attached hydrogens (tertiary/aromatic N) is 3. The van der Waals surface area contributed by atoms with Gasteiger partial charge in [0, 0.05) is 33.2 Å². The molecule has 36 heavy (non-hydrogen) atoms. The number of aliphatic hydroxyl groups excluding tert-OH is 1. The molecule has 1 unspecified atom stereocenters. The number of methoxy groups -OCH3 is 1. The van der Waals surface area contributed by atoms with E-state index in [1.54, 1.807) is 13.2 Å². The minimum absolute atomic E-state index is 0.0818. The summed E-state index contributed by atoms with van der Waals surface area (Å²) < 4.78 is 32.5. The summed E-state index contributed by atoms with van der Waals surface area (Å²) in [6.45, 7) is 3.42.